The lowest BCUT2D eigenvalue weighted by atomic mass is 10.1. The lowest BCUT2D eigenvalue weighted by Gasteiger charge is -2.05. The Kier molecular flexibility index (Phi) is 4.57. The molecule has 0 aliphatic carbocycles. The van der Waals surface area contributed by atoms with Crippen molar-refractivity contribution in [3.8, 4) is 0 Å². The second-order valence-electron chi connectivity index (χ2n) is 4.22. The Balaban J connectivity index is 1.92. The zero-order chi connectivity index (χ0) is 15.3. The van der Waals surface area contributed by atoms with Crippen molar-refractivity contribution in [3.05, 3.63) is 71.0 Å². The van der Waals surface area contributed by atoms with Gasteiger partial charge in [-0.1, -0.05) is 35.5 Å². The minimum Gasteiger partial charge on any atom is -0.391 e. The Morgan fingerprint density at radius 3 is 2.29 bits per heavy atom. The molecule has 0 fully saturated rings. The molecule has 110 valence electrons. The number of nitrogens with zero attached hydrogens (tertiary/aromatic N) is 1. The van der Waals surface area contributed by atoms with Gasteiger partial charge in [0.05, 0.1) is 11.8 Å². The van der Waals surface area contributed by atoms with Crippen LogP contribution in [0.2, 0.25) is 0 Å². The van der Waals surface area contributed by atoms with Crippen LogP contribution in [0.4, 0.5) is 17.6 Å². The third-order valence-electron chi connectivity index (χ3n) is 2.69. The minimum absolute atomic E-state index is 0.0518. The van der Waals surface area contributed by atoms with Crippen LogP contribution in [0.15, 0.2) is 53.7 Å². The zero-order valence-electron chi connectivity index (χ0n) is 10.8. The molecule has 6 heteroatoms. The van der Waals surface area contributed by atoms with Crippen molar-refractivity contribution in [1.29, 1.82) is 0 Å². The molecule has 0 heterocycles. The van der Waals surface area contributed by atoms with Crippen molar-refractivity contribution >= 4 is 6.21 Å². The standard InChI is InChI=1S/C15H11F4NO/c16-14-4-2-1-3-12(14)10-21-20-9-11-5-7-13(8-6-11)15(17,18)19/h1-9H,10H2. The molecule has 0 N–H and O–H groups in total. The predicted octanol–water partition coefficient (Wildman–Crippen LogP) is 4.40. The molecular formula is C15H11F4NO. The van der Waals surface area contributed by atoms with Gasteiger partial charge in [0.2, 0.25) is 0 Å². The van der Waals surface area contributed by atoms with Gasteiger partial charge < -0.3 is 4.84 Å². The van der Waals surface area contributed by atoms with Crippen LogP contribution < -0.4 is 0 Å². The number of hydrogen-bond acceptors (Lipinski definition) is 2. The molecular weight excluding hydrogens is 286 g/mol. The molecule has 2 nitrogen and oxygen atoms in total. The van der Waals surface area contributed by atoms with E-state index in [9.17, 15) is 17.6 Å². The van der Waals surface area contributed by atoms with Crippen LogP contribution in [0.25, 0.3) is 0 Å². The van der Waals surface area contributed by atoms with E-state index in [-0.39, 0.29) is 6.61 Å². The molecule has 0 atom stereocenters. The monoisotopic (exact) mass is 297 g/mol. The van der Waals surface area contributed by atoms with Crippen molar-refractivity contribution < 1.29 is 22.4 Å². The third-order valence-corrected chi connectivity index (χ3v) is 2.69. The topological polar surface area (TPSA) is 21.6 Å². The van der Waals surface area contributed by atoms with Crippen molar-refractivity contribution in [2.75, 3.05) is 0 Å². The summed E-state index contributed by atoms with van der Waals surface area (Å²) in [6.45, 7) is -0.0518. The summed E-state index contributed by atoms with van der Waals surface area (Å²) >= 11 is 0. The van der Waals surface area contributed by atoms with E-state index >= 15 is 0 Å². The molecule has 0 bridgehead atoms. The summed E-state index contributed by atoms with van der Waals surface area (Å²) in [5, 5.41) is 3.60. The van der Waals surface area contributed by atoms with Gasteiger partial charge in [0.15, 0.2) is 0 Å². The Bertz CT molecular complexity index is 620. The zero-order valence-corrected chi connectivity index (χ0v) is 10.8. The van der Waals surface area contributed by atoms with E-state index in [0.717, 1.165) is 12.1 Å². The van der Waals surface area contributed by atoms with Crippen LogP contribution in [-0.4, -0.2) is 6.21 Å². The summed E-state index contributed by atoms with van der Waals surface area (Å²) < 4.78 is 50.3. The number of rotatable bonds is 4. The van der Waals surface area contributed by atoms with E-state index in [0.29, 0.717) is 11.1 Å². The molecule has 2 rings (SSSR count). The molecule has 2 aromatic carbocycles. The van der Waals surface area contributed by atoms with E-state index in [2.05, 4.69) is 5.16 Å². The molecule has 0 radical (unpaired) electrons. The van der Waals surface area contributed by atoms with E-state index in [1.165, 1.54) is 24.4 Å². The van der Waals surface area contributed by atoms with Crippen LogP contribution in [0.5, 0.6) is 0 Å². The van der Waals surface area contributed by atoms with E-state index in [1.807, 2.05) is 0 Å². The van der Waals surface area contributed by atoms with E-state index < -0.39 is 17.6 Å². The highest BCUT2D eigenvalue weighted by atomic mass is 19.4. The Labute approximate surface area is 118 Å². The summed E-state index contributed by atoms with van der Waals surface area (Å²) in [6.07, 6.45) is -3.10. The summed E-state index contributed by atoms with van der Waals surface area (Å²) in [4.78, 5) is 4.91. The van der Waals surface area contributed by atoms with E-state index in [4.69, 9.17) is 4.84 Å². The molecule has 0 aliphatic heterocycles. The van der Waals surface area contributed by atoms with Crippen molar-refractivity contribution in [3.63, 3.8) is 0 Å². The molecule has 2 aromatic rings. The molecule has 0 amide bonds. The SMILES string of the molecule is Fc1ccccc1CON=Cc1ccc(C(F)(F)F)cc1. The molecule has 21 heavy (non-hydrogen) atoms. The number of alkyl halides is 3. The highest BCUT2D eigenvalue weighted by molar-refractivity contribution is 5.79. The summed E-state index contributed by atoms with van der Waals surface area (Å²) in [6, 6.07) is 10.6. The molecule has 0 spiro atoms. The second-order valence-corrected chi connectivity index (χ2v) is 4.22. The maximum absolute atomic E-state index is 13.3. The van der Waals surface area contributed by atoms with Gasteiger partial charge >= 0.3 is 6.18 Å². The molecule has 0 aliphatic rings. The maximum Gasteiger partial charge on any atom is 0.416 e. The molecule has 0 unspecified atom stereocenters. The predicted molar refractivity (Wildman–Crippen MR) is 70.2 cm³/mol. The Morgan fingerprint density at radius 1 is 1.00 bits per heavy atom. The lowest BCUT2D eigenvalue weighted by Crippen LogP contribution is -2.04. The fourth-order valence-electron chi connectivity index (χ4n) is 1.58. The van der Waals surface area contributed by atoms with Crippen molar-refractivity contribution in [2.45, 2.75) is 12.8 Å². The first-order valence-corrected chi connectivity index (χ1v) is 6.03. The number of halogens is 4. The highest BCUT2D eigenvalue weighted by Crippen LogP contribution is 2.28. The molecule has 0 saturated heterocycles. The molecule has 0 aromatic heterocycles. The Morgan fingerprint density at radius 2 is 1.67 bits per heavy atom. The van der Waals surface area contributed by atoms with Gasteiger partial charge in [-0.3, -0.25) is 0 Å². The van der Waals surface area contributed by atoms with Gasteiger partial charge in [0.1, 0.15) is 12.4 Å². The minimum atomic E-state index is -4.36. The van der Waals surface area contributed by atoms with Gasteiger partial charge in [-0.25, -0.2) is 4.39 Å². The highest BCUT2D eigenvalue weighted by Gasteiger charge is 2.29. The van der Waals surface area contributed by atoms with Crippen LogP contribution >= 0.6 is 0 Å². The fraction of sp³-hybridized carbons (Fsp3) is 0.133. The van der Waals surface area contributed by atoms with Crippen LogP contribution in [0.1, 0.15) is 16.7 Å². The molecule has 0 saturated carbocycles. The smallest absolute Gasteiger partial charge is 0.391 e. The summed E-state index contributed by atoms with van der Waals surface area (Å²) in [7, 11) is 0. The van der Waals surface area contributed by atoms with Crippen molar-refractivity contribution in [1.82, 2.24) is 0 Å². The van der Waals surface area contributed by atoms with Crippen LogP contribution in [0, 0.1) is 5.82 Å². The van der Waals surface area contributed by atoms with Gasteiger partial charge in [-0.2, -0.15) is 13.2 Å². The summed E-state index contributed by atoms with van der Waals surface area (Å²) in [5.74, 6) is -0.401. The first-order valence-electron chi connectivity index (χ1n) is 6.03. The first-order chi connectivity index (χ1) is 9.97. The normalized spacial score (nSPS) is 11.8. The van der Waals surface area contributed by atoms with Crippen LogP contribution in [0.3, 0.4) is 0 Å². The van der Waals surface area contributed by atoms with Crippen molar-refractivity contribution in [2.24, 2.45) is 5.16 Å². The second kappa shape index (κ2) is 6.39. The Hall–Kier alpha value is -2.37. The number of oxime groups is 1. The first kappa shape index (κ1) is 15.0. The third kappa shape index (κ3) is 4.30. The maximum atomic E-state index is 13.3. The number of hydrogen-bond donors (Lipinski definition) is 0. The van der Waals surface area contributed by atoms with Crippen LogP contribution in [-0.2, 0) is 17.6 Å². The van der Waals surface area contributed by atoms with E-state index in [1.54, 1.807) is 18.2 Å². The average Bonchev–Trinajstić information content (AvgIpc) is 2.45. The van der Waals surface area contributed by atoms with Gasteiger partial charge in [-0.15, -0.1) is 0 Å². The number of benzene rings is 2. The van der Waals surface area contributed by atoms with Gasteiger partial charge in [-0.05, 0) is 23.8 Å². The average molecular weight is 297 g/mol. The largest absolute Gasteiger partial charge is 0.416 e. The lowest BCUT2D eigenvalue weighted by molar-refractivity contribution is -0.137. The quantitative estimate of drug-likeness (QED) is 0.466. The fourth-order valence-corrected chi connectivity index (χ4v) is 1.58. The summed E-state index contributed by atoms with van der Waals surface area (Å²) in [5.41, 5.74) is 0.0746. The van der Waals surface area contributed by atoms with Gasteiger partial charge in [0.25, 0.3) is 0 Å². The van der Waals surface area contributed by atoms with Gasteiger partial charge in [0, 0.05) is 5.56 Å².